The standard InChI is InChI=1S/C23H27N3O2/c1-3-10-26(16-19-6-9-22-23(13-19)28-12-11-27-22)15-18-4-7-20(8-5-18)21-14-24-25(2)17-21/h4-9,13-14,17H,3,10-12,15-16H2,1-2H3. The fourth-order valence-electron chi connectivity index (χ4n) is 3.61. The number of aromatic nitrogens is 2. The Balaban J connectivity index is 1.44. The van der Waals surface area contributed by atoms with Gasteiger partial charge in [-0.3, -0.25) is 9.58 Å². The molecule has 0 N–H and O–H groups in total. The van der Waals surface area contributed by atoms with Crippen molar-refractivity contribution in [3.8, 4) is 22.6 Å². The van der Waals surface area contributed by atoms with E-state index in [2.05, 4.69) is 53.3 Å². The van der Waals surface area contributed by atoms with Crippen molar-refractivity contribution >= 4 is 0 Å². The van der Waals surface area contributed by atoms with Crippen molar-refractivity contribution in [2.24, 2.45) is 7.05 Å². The minimum atomic E-state index is 0.623. The van der Waals surface area contributed by atoms with Crippen molar-refractivity contribution in [3.05, 3.63) is 66.0 Å². The van der Waals surface area contributed by atoms with Crippen molar-refractivity contribution in [2.45, 2.75) is 26.4 Å². The molecule has 1 aliphatic rings. The number of benzene rings is 2. The maximum Gasteiger partial charge on any atom is 0.161 e. The van der Waals surface area contributed by atoms with Gasteiger partial charge < -0.3 is 9.47 Å². The van der Waals surface area contributed by atoms with Crippen LogP contribution >= 0.6 is 0 Å². The molecule has 0 radical (unpaired) electrons. The molecule has 4 rings (SSSR count). The first kappa shape index (κ1) is 18.6. The van der Waals surface area contributed by atoms with E-state index in [1.807, 2.05) is 30.2 Å². The molecule has 28 heavy (non-hydrogen) atoms. The van der Waals surface area contributed by atoms with E-state index >= 15 is 0 Å². The van der Waals surface area contributed by atoms with Crippen LogP contribution in [0.15, 0.2) is 54.9 Å². The molecule has 0 unspecified atom stereocenters. The SMILES string of the molecule is CCCN(Cc1ccc(-c2cnn(C)c2)cc1)Cc1ccc2c(c1)OCCO2. The summed E-state index contributed by atoms with van der Waals surface area (Å²) in [5.74, 6) is 1.71. The Morgan fingerprint density at radius 2 is 1.64 bits per heavy atom. The fraction of sp³-hybridized carbons (Fsp3) is 0.348. The van der Waals surface area contributed by atoms with Gasteiger partial charge in [0.1, 0.15) is 13.2 Å². The maximum atomic E-state index is 5.73. The van der Waals surface area contributed by atoms with Crippen molar-refractivity contribution in [1.82, 2.24) is 14.7 Å². The quantitative estimate of drug-likeness (QED) is 0.616. The molecule has 1 aliphatic heterocycles. The van der Waals surface area contributed by atoms with Crippen LogP contribution in [0.2, 0.25) is 0 Å². The molecule has 0 fully saturated rings. The summed E-state index contributed by atoms with van der Waals surface area (Å²) in [5, 5.41) is 4.25. The van der Waals surface area contributed by atoms with Crippen molar-refractivity contribution in [1.29, 1.82) is 0 Å². The zero-order valence-electron chi connectivity index (χ0n) is 16.6. The maximum absolute atomic E-state index is 5.73. The number of ether oxygens (including phenoxy) is 2. The van der Waals surface area contributed by atoms with E-state index in [0.717, 1.165) is 43.1 Å². The Bertz CT molecular complexity index is 918. The summed E-state index contributed by atoms with van der Waals surface area (Å²) in [7, 11) is 1.94. The second-order valence-corrected chi connectivity index (χ2v) is 7.29. The van der Waals surface area contributed by atoms with E-state index in [1.165, 1.54) is 16.7 Å². The summed E-state index contributed by atoms with van der Waals surface area (Å²) >= 11 is 0. The number of aryl methyl sites for hydroxylation is 1. The third kappa shape index (κ3) is 4.37. The molecule has 3 aromatic rings. The minimum Gasteiger partial charge on any atom is -0.486 e. The van der Waals surface area contributed by atoms with Gasteiger partial charge in [-0.15, -0.1) is 0 Å². The lowest BCUT2D eigenvalue weighted by molar-refractivity contribution is 0.171. The van der Waals surface area contributed by atoms with Gasteiger partial charge in [-0.05, 0) is 41.8 Å². The monoisotopic (exact) mass is 377 g/mol. The zero-order valence-corrected chi connectivity index (χ0v) is 16.6. The number of rotatable bonds is 7. The third-order valence-electron chi connectivity index (χ3n) is 4.95. The first-order valence-corrected chi connectivity index (χ1v) is 9.90. The van der Waals surface area contributed by atoms with Gasteiger partial charge in [0, 0.05) is 31.9 Å². The Kier molecular flexibility index (Phi) is 5.63. The highest BCUT2D eigenvalue weighted by Crippen LogP contribution is 2.31. The zero-order chi connectivity index (χ0) is 19.3. The molecule has 0 amide bonds. The molecule has 0 spiro atoms. The second kappa shape index (κ2) is 8.48. The third-order valence-corrected chi connectivity index (χ3v) is 4.95. The van der Waals surface area contributed by atoms with E-state index in [9.17, 15) is 0 Å². The van der Waals surface area contributed by atoms with Gasteiger partial charge >= 0.3 is 0 Å². The first-order valence-electron chi connectivity index (χ1n) is 9.90. The predicted molar refractivity (Wildman–Crippen MR) is 110 cm³/mol. The molecular weight excluding hydrogens is 350 g/mol. The molecule has 2 aromatic carbocycles. The Labute approximate surface area is 166 Å². The predicted octanol–water partition coefficient (Wildman–Crippen LogP) is 4.27. The molecule has 5 nitrogen and oxygen atoms in total. The van der Waals surface area contributed by atoms with Crippen LogP contribution in [0.1, 0.15) is 24.5 Å². The molecule has 0 atom stereocenters. The number of hydrogen-bond donors (Lipinski definition) is 0. The van der Waals surface area contributed by atoms with Crippen molar-refractivity contribution in [3.63, 3.8) is 0 Å². The van der Waals surface area contributed by atoms with E-state index in [-0.39, 0.29) is 0 Å². The molecule has 0 saturated carbocycles. The largest absolute Gasteiger partial charge is 0.486 e. The smallest absolute Gasteiger partial charge is 0.161 e. The lowest BCUT2D eigenvalue weighted by Gasteiger charge is -2.24. The summed E-state index contributed by atoms with van der Waals surface area (Å²) in [6, 6.07) is 15.1. The van der Waals surface area contributed by atoms with E-state index in [1.54, 1.807) is 0 Å². The van der Waals surface area contributed by atoms with Gasteiger partial charge in [0.2, 0.25) is 0 Å². The fourth-order valence-corrected chi connectivity index (χ4v) is 3.61. The van der Waals surface area contributed by atoms with Gasteiger partial charge in [0.15, 0.2) is 11.5 Å². The molecule has 146 valence electrons. The molecule has 1 aromatic heterocycles. The van der Waals surface area contributed by atoms with E-state index in [0.29, 0.717) is 13.2 Å². The van der Waals surface area contributed by atoms with Crippen LogP contribution in [0.4, 0.5) is 0 Å². The highest BCUT2D eigenvalue weighted by Gasteiger charge is 2.13. The van der Waals surface area contributed by atoms with Gasteiger partial charge in [-0.25, -0.2) is 0 Å². The average Bonchev–Trinajstić information content (AvgIpc) is 3.15. The van der Waals surface area contributed by atoms with Crippen LogP contribution in [0.25, 0.3) is 11.1 Å². The Hall–Kier alpha value is -2.79. The van der Waals surface area contributed by atoms with Gasteiger partial charge in [-0.2, -0.15) is 5.10 Å². The van der Waals surface area contributed by atoms with Crippen LogP contribution in [0.5, 0.6) is 11.5 Å². The molecule has 0 saturated heterocycles. The van der Waals surface area contributed by atoms with Crippen molar-refractivity contribution in [2.75, 3.05) is 19.8 Å². The molecule has 5 heteroatoms. The van der Waals surface area contributed by atoms with Gasteiger partial charge in [-0.1, -0.05) is 37.3 Å². The van der Waals surface area contributed by atoms with Crippen LogP contribution in [0, 0.1) is 0 Å². The summed E-state index contributed by atoms with van der Waals surface area (Å²) in [6.45, 7) is 6.35. The summed E-state index contributed by atoms with van der Waals surface area (Å²) < 4.78 is 13.2. The minimum absolute atomic E-state index is 0.623. The lowest BCUT2D eigenvalue weighted by atomic mass is 10.1. The van der Waals surface area contributed by atoms with E-state index in [4.69, 9.17) is 9.47 Å². The second-order valence-electron chi connectivity index (χ2n) is 7.29. The van der Waals surface area contributed by atoms with Crippen LogP contribution in [-0.4, -0.2) is 34.4 Å². The molecular formula is C23H27N3O2. The Morgan fingerprint density at radius 3 is 2.36 bits per heavy atom. The van der Waals surface area contributed by atoms with E-state index < -0.39 is 0 Å². The lowest BCUT2D eigenvalue weighted by Crippen LogP contribution is -2.24. The number of hydrogen-bond acceptors (Lipinski definition) is 4. The van der Waals surface area contributed by atoms with Gasteiger partial charge in [0.25, 0.3) is 0 Å². The van der Waals surface area contributed by atoms with Crippen molar-refractivity contribution < 1.29 is 9.47 Å². The van der Waals surface area contributed by atoms with Crippen LogP contribution in [0.3, 0.4) is 0 Å². The first-order chi connectivity index (χ1) is 13.7. The molecule has 0 aliphatic carbocycles. The average molecular weight is 377 g/mol. The molecule has 2 heterocycles. The molecule has 0 bridgehead atoms. The summed E-state index contributed by atoms with van der Waals surface area (Å²) in [5.41, 5.74) is 4.92. The normalized spacial score (nSPS) is 13.1. The Morgan fingerprint density at radius 1 is 0.929 bits per heavy atom. The topological polar surface area (TPSA) is 39.5 Å². The number of nitrogens with zero attached hydrogens (tertiary/aromatic N) is 3. The highest BCUT2D eigenvalue weighted by molar-refractivity contribution is 5.61. The van der Waals surface area contributed by atoms with Gasteiger partial charge in [0.05, 0.1) is 6.20 Å². The van der Waals surface area contributed by atoms with Crippen LogP contribution < -0.4 is 9.47 Å². The summed E-state index contributed by atoms with van der Waals surface area (Å²) in [6.07, 6.45) is 5.07. The highest BCUT2D eigenvalue weighted by atomic mass is 16.6. The van der Waals surface area contributed by atoms with Crippen LogP contribution in [-0.2, 0) is 20.1 Å². The summed E-state index contributed by atoms with van der Waals surface area (Å²) in [4.78, 5) is 2.48. The number of fused-ring (bicyclic) bond motifs is 1.